The Bertz CT molecular complexity index is 346. The Labute approximate surface area is 122 Å². The predicted molar refractivity (Wildman–Crippen MR) is 70.1 cm³/mol. The first-order chi connectivity index (χ1) is 9.57. The minimum Gasteiger partial charge on any atom is -0.481 e. The summed E-state index contributed by atoms with van der Waals surface area (Å²) in [6.07, 6.45) is -1.74. The average molecular weight is 327 g/mol. The highest BCUT2D eigenvalue weighted by atomic mass is 28.4. The van der Waals surface area contributed by atoms with Gasteiger partial charge in [0.05, 0.1) is 19.1 Å². The number of rotatable bonds is 11. The van der Waals surface area contributed by atoms with Crippen LogP contribution in [0.3, 0.4) is 0 Å². The van der Waals surface area contributed by atoms with Crippen molar-refractivity contribution in [1.29, 1.82) is 0 Å². The van der Waals surface area contributed by atoms with Crippen LogP contribution in [0.1, 0.15) is 19.8 Å². The molecule has 0 aromatic carbocycles. The standard InChI is InChI=1S/C10H21NO9Si/c1-2-9(21(17,18)19)20-5-6(12)4-11-7(10(15)16)3-8(13)14/h6-7,9,11-12,17-19H,2-5H2,1H3,(H,13,14)(H,15,16). The lowest BCUT2D eigenvalue weighted by Gasteiger charge is -2.23. The number of ether oxygens (including phenoxy) is 1. The molecule has 0 aliphatic rings. The van der Waals surface area contributed by atoms with E-state index in [1.807, 2.05) is 0 Å². The first-order valence-corrected chi connectivity index (χ1v) is 8.14. The third-order valence-electron chi connectivity index (χ3n) is 2.57. The van der Waals surface area contributed by atoms with Crippen LogP contribution >= 0.6 is 0 Å². The average Bonchev–Trinajstić information content (AvgIpc) is 2.32. The molecule has 7 N–H and O–H groups in total. The lowest BCUT2D eigenvalue weighted by atomic mass is 10.2. The molecule has 11 heteroatoms. The molecule has 3 unspecified atom stereocenters. The third-order valence-corrected chi connectivity index (χ3v) is 4.01. The van der Waals surface area contributed by atoms with E-state index in [2.05, 4.69) is 5.32 Å². The molecule has 21 heavy (non-hydrogen) atoms. The van der Waals surface area contributed by atoms with E-state index in [9.17, 15) is 14.7 Å². The Morgan fingerprint density at radius 2 is 1.81 bits per heavy atom. The van der Waals surface area contributed by atoms with Crippen LogP contribution in [-0.4, -0.2) is 81.5 Å². The van der Waals surface area contributed by atoms with Crippen molar-refractivity contribution in [2.75, 3.05) is 13.2 Å². The van der Waals surface area contributed by atoms with E-state index in [1.165, 1.54) is 0 Å². The van der Waals surface area contributed by atoms with Crippen molar-refractivity contribution in [3.8, 4) is 0 Å². The Balaban J connectivity index is 4.21. The zero-order chi connectivity index (χ0) is 16.6. The number of hydrogen-bond acceptors (Lipinski definition) is 8. The molecule has 0 bridgehead atoms. The maximum atomic E-state index is 10.8. The van der Waals surface area contributed by atoms with Gasteiger partial charge in [0.25, 0.3) is 0 Å². The highest BCUT2D eigenvalue weighted by Crippen LogP contribution is 2.07. The summed E-state index contributed by atoms with van der Waals surface area (Å²) in [5.41, 5.74) is -1.21. The maximum Gasteiger partial charge on any atom is 0.523 e. The number of carboxylic acids is 2. The van der Waals surface area contributed by atoms with Crippen LogP contribution in [-0.2, 0) is 14.3 Å². The van der Waals surface area contributed by atoms with E-state index in [0.29, 0.717) is 0 Å². The fourth-order valence-corrected chi connectivity index (χ4v) is 2.36. The predicted octanol–water partition coefficient (Wildman–Crippen LogP) is -2.88. The summed E-state index contributed by atoms with van der Waals surface area (Å²) in [6.45, 7) is 0.909. The van der Waals surface area contributed by atoms with E-state index in [-0.39, 0.29) is 19.6 Å². The molecule has 0 heterocycles. The van der Waals surface area contributed by atoms with Crippen molar-refractivity contribution in [3.63, 3.8) is 0 Å². The molecule has 0 rings (SSSR count). The molecule has 0 aromatic rings. The fraction of sp³-hybridized carbons (Fsp3) is 0.800. The minimum atomic E-state index is -4.46. The molecule has 124 valence electrons. The Morgan fingerprint density at radius 1 is 1.24 bits per heavy atom. The van der Waals surface area contributed by atoms with Crippen molar-refractivity contribution in [3.05, 3.63) is 0 Å². The van der Waals surface area contributed by atoms with Gasteiger partial charge in [-0.2, -0.15) is 0 Å². The number of nitrogens with one attached hydrogen (secondary N) is 1. The number of carbonyl (C=O) groups is 2. The number of aliphatic hydroxyl groups is 1. The zero-order valence-electron chi connectivity index (χ0n) is 11.5. The van der Waals surface area contributed by atoms with Gasteiger partial charge in [-0.05, 0) is 6.42 Å². The second-order valence-corrected chi connectivity index (χ2v) is 6.49. The number of hydrogen-bond donors (Lipinski definition) is 7. The van der Waals surface area contributed by atoms with E-state index in [4.69, 9.17) is 29.3 Å². The molecule has 0 spiro atoms. The quantitative estimate of drug-likeness (QED) is 0.195. The van der Waals surface area contributed by atoms with E-state index in [0.717, 1.165) is 0 Å². The molecular formula is C10H21NO9Si. The molecule has 0 aliphatic heterocycles. The summed E-state index contributed by atoms with van der Waals surface area (Å²) >= 11 is 0. The largest absolute Gasteiger partial charge is 0.523 e. The molecule has 0 saturated carbocycles. The normalized spacial score (nSPS) is 16.2. The van der Waals surface area contributed by atoms with Gasteiger partial charge in [-0.25, -0.2) is 0 Å². The van der Waals surface area contributed by atoms with Gasteiger partial charge in [-0.3, -0.25) is 9.59 Å². The SMILES string of the molecule is CCC(OCC(O)CNC(CC(=O)O)C(=O)O)[Si](O)(O)O. The van der Waals surface area contributed by atoms with Crippen molar-refractivity contribution in [2.24, 2.45) is 0 Å². The van der Waals surface area contributed by atoms with Crippen LogP contribution in [0.15, 0.2) is 0 Å². The Hall–Kier alpha value is -1.08. The molecule has 3 atom stereocenters. The second-order valence-electron chi connectivity index (χ2n) is 4.47. The van der Waals surface area contributed by atoms with Crippen LogP contribution in [0, 0.1) is 0 Å². The van der Waals surface area contributed by atoms with Gasteiger partial charge in [0.2, 0.25) is 0 Å². The first-order valence-electron chi connectivity index (χ1n) is 6.22. The van der Waals surface area contributed by atoms with Crippen molar-refractivity contribution >= 4 is 20.7 Å². The highest BCUT2D eigenvalue weighted by Gasteiger charge is 2.39. The molecule has 0 aromatic heterocycles. The Morgan fingerprint density at radius 3 is 2.19 bits per heavy atom. The van der Waals surface area contributed by atoms with Crippen molar-refractivity contribution in [1.82, 2.24) is 5.32 Å². The summed E-state index contributed by atoms with van der Waals surface area (Å²) in [4.78, 5) is 48.4. The zero-order valence-corrected chi connectivity index (χ0v) is 12.5. The molecule has 0 amide bonds. The maximum absolute atomic E-state index is 10.8. The van der Waals surface area contributed by atoms with Crippen LogP contribution in [0.25, 0.3) is 0 Å². The van der Waals surface area contributed by atoms with Gasteiger partial charge >= 0.3 is 20.7 Å². The van der Waals surface area contributed by atoms with Crippen molar-refractivity contribution < 1.29 is 44.0 Å². The summed E-state index contributed by atoms with van der Waals surface area (Å²) in [5.74, 6) is -2.67. The van der Waals surface area contributed by atoms with Crippen LogP contribution in [0.5, 0.6) is 0 Å². The lowest BCUT2D eigenvalue weighted by molar-refractivity contribution is -0.146. The summed E-state index contributed by atoms with van der Waals surface area (Å²) in [6, 6.07) is -1.36. The van der Waals surface area contributed by atoms with Gasteiger partial charge < -0.3 is 39.8 Å². The van der Waals surface area contributed by atoms with E-state index >= 15 is 0 Å². The molecule has 10 nitrogen and oxygen atoms in total. The smallest absolute Gasteiger partial charge is 0.481 e. The number of aliphatic carboxylic acids is 2. The molecule has 0 fully saturated rings. The monoisotopic (exact) mass is 327 g/mol. The summed E-state index contributed by atoms with van der Waals surface area (Å²) < 4.78 is 4.95. The van der Waals surface area contributed by atoms with Crippen LogP contribution < -0.4 is 5.32 Å². The molecule has 0 aliphatic carbocycles. The summed E-state index contributed by atoms with van der Waals surface area (Å²) in [7, 11) is -4.46. The fourth-order valence-electron chi connectivity index (χ4n) is 1.49. The number of carboxylic acid groups (broad SMARTS) is 2. The van der Waals surface area contributed by atoms with Gasteiger partial charge in [0, 0.05) is 6.54 Å². The van der Waals surface area contributed by atoms with Gasteiger partial charge in [-0.1, -0.05) is 6.92 Å². The first kappa shape index (κ1) is 19.9. The lowest BCUT2D eigenvalue weighted by Crippen LogP contribution is -2.51. The second kappa shape index (κ2) is 9.04. The van der Waals surface area contributed by atoms with Gasteiger partial charge in [0.1, 0.15) is 11.8 Å². The van der Waals surface area contributed by atoms with E-state index in [1.54, 1.807) is 6.92 Å². The van der Waals surface area contributed by atoms with E-state index < -0.39 is 45.0 Å². The highest BCUT2D eigenvalue weighted by molar-refractivity contribution is 6.57. The molecular weight excluding hydrogens is 306 g/mol. The molecule has 0 saturated heterocycles. The molecule has 0 radical (unpaired) electrons. The van der Waals surface area contributed by atoms with Crippen LogP contribution in [0.4, 0.5) is 0 Å². The third kappa shape index (κ3) is 8.72. The topological polar surface area (TPSA) is 177 Å². The minimum absolute atomic E-state index is 0.118. The number of aliphatic hydroxyl groups excluding tert-OH is 1. The van der Waals surface area contributed by atoms with Gasteiger partial charge in [-0.15, -0.1) is 0 Å². The van der Waals surface area contributed by atoms with Gasteiger partial charge in [0.15, 0.2) is 0 Å². The van der Waals surface area contributed by atoms with Crippen LogP contribution in [0.2, 0.25) is 0 Å². The Kier molecular flexibility index (Phi) is 8.57. The summed E-state index contributed by atoms with van der Waals surface area (Å²) in [5, 5.41) is 29.2. The van der Waals surface area contributed by atoms with Crippen molar-refractivity contribution in [2.45, 2.75) is 37.6 Å².